The molecule has 0 bridgehead atoms. The van der Waals surface area contributed by atoms with Crippen LogP contribution >= 0.6 is 0 Å². The highest BCUT2D eigenvalue weighted by Crippen LogP contribution is 2.39. The molecule has 46 heavy (non-hydrogen) atoms. The number of ether oxygens (including phenoxy) is 1. The van der Waals surface area contributed by atoms with Crippen LogP contribution in [-0.2, 0) is 22.5 Å². The van der Waals surface area contributed by atoms with E-state index in [0.717, 1.165) is 69.2 Å². The number of nitriles is 2. The molecule has 0 saturated carbocycles. The molecule has 10 nitrogen and oxygen atoms in total. The highest BCUT2D eigenvalue weighted by Gasteiger charge is 2.34. The molecule has 10 heteroatoms. The van der Waals surface area contributed by atoms with Crippen molar-refractivity contribution in [1.29, 1.82) is 10.5 Å². The third-order valence-corrected chi connectivity index (χ3v) is 9.50. The van der Waals surface area contributed by atoms with Crippen molar-refractivity contribution in [3.05, 3.63) is 71.4 Å². The molecule has 0 unspecified atom stereocenters. The van der Waals surface area contributed by atoms with Crippen LogP contribution in [0.1, 0.15) is 35.2 Å². The van der Waals surface area contributed by atoms with Gasteiger partial charge >= 0.3 is 0 Å². The molecule has 3 aromatic rings. The maximum Gasteiger partial charge on any atom is 0.246 e. The van der Waals surface area contributed by atoms with Gasteiger partial charge in [0.25, 0.3) is 0 Å². The number of anilines is 3. The van der Waals surface area contributed by atoms with Gasteiger partial charge in [0.1, 0.15) is 17.5 Å². The molecule has 6 rings (SSSR count). The van der Waals surface area contributed by atoms with Crippen LogP contribution in [0.25, 0.3) is 10.8 Å². The number of piperazine rings is 1. The Morgan fingerprint density at radius 2 is 1.91 bits per heavy atom. The van der Waals surface area contributed by atoms with E-state index in [1.165, 1.54) is 28.1 Å². The molecule has 3 aliphatic rings. The van der Waals surface area contributed by atoms with Gasteiger partial charge in [-0.25, -0.2) is 4.98 Å². The third-order valence-electron chi connectivity index (χ3n) is 9.50. The summed E-state index contributed by atoms with van der Waals surface area (Å²) in [5, 5.41) is 26.2. The second-order valence-electron chi connectivity index (χ2n) is 12.3. The molecule has 238 valence electrons. The summed E-state index contributed by atoms with van der Waals surface area (Å²) in [5.74, 6) is 0.441. The van der Waals surface area contributed by atoms with E-state index in [1.807, 2.05) is 0 Å². The van der Waals surface area contributed by atoms with Crippen LogP contribution < -0.4 is 15.1 Å². The summed E-state index contributed by atoms with van der Waals surface area (Å²) < 4.78 is 5.49. The van der Waals surface area contributed by atoms with Crippen molar-refractivity contribution in [3.8, 4) is 12.1 Å². The van der Waals surface area contributed by atoms with Crippen LogP contribution in [0.3, 0.4) is 0 Å². The Kier molecular flexibility index (Phi) is 9.68. The predicted octanol–water partition coefficient (Wildman–Crippen LogP) is 4.23. The number of hydrogen-bond acceptors (Lipinski definition) is 9. The zero-order valence-corrected chi connectivity index (χ0v) is 26.7. The first-order valence-electron chi connectivity index (χ1n) is 16.3. The standard InChI is InChI=1S/C36H42N8O2/c1-3-33(45)44-18-17-43(24-28(44)11-13-37)35-29-12-16-42(32-10-5-9-27-8-4-7-26(2)34(27)32)25-31(29)40-36(30(35)23-38)39-14-6-15-41-19-21-46-22-20-41/h3-5,7-10,28H,1,6,11-12,14-22,24-25H2,2H3,(H,39,40)/t28-/m0/s1. The first-order chi connectivity index (χ1) is 22.5. The van der Waals surface area contributed by atoms with Crippen LogP contribution in [0, 0.1) is 29.6 Å². The molecular formula is C36H42N8O2. The van der Waals surface area contributed by atoms with Gasteiger partial charge in [-0.1, -0.05) is 36.9 Å². The van der Waals surface area contributed by atoms with E-state index in [4.69, 9.17) is 9.72 Å². The van der Waals surface area contributed by atoms with E-state index in [1.54, 1.807) is 4.90 Å². The normalized spacial score (nSPS) is 18.5. The van der Waals surface area contributed by atoms with Crippen LogP contribution in [0.4, 0.5) is 17.2 Å². The van der Waals surface area contributed by atoms with Crippen molar-refractivity contribution in [2.45, 2.75) is 38.8 Å². The molecule has 1 N–H and O–H groups in total. The summed E-state index contributed by atoms with van der Waals surface area (Å²) in [5.41, 5.74) is 5.92. The molecule has 1 amide bonds. The van der Waals surface area contributed by atoms with E-state index in [-0.39, 0.29) is 18.4 Å². The second kappa shape index (κ2) is 14.2. The van der Waals surface area contributed by atoms with Crippen molar-refractivity contribution in [3.63, 3.8) is 0 Å². The largest absolute Gasteiger partial charge is 0.379 e. The van der Waals surface area contributed by atoms with Gasteiger partial charge in [-0.2, -0.15) is 10.5 Å². The quantitative estimate of drug-likeness (QED) is 0.278. The van der Waals surface area contributed by atoms with Crippen molar-refractivity contribution in [2.75, 3.05) is 80.7 Å². The zero-order chi connectivity index (χ0) is 32.0. The van der Waals surface area contributed by atoms with Gasteiger partial charge in [0.05, 0.1) is 49.7 Å². The number of amides is 1. The molecule has 0 aliphatic carbocycles. The van der Waals surface area contributed by atoms with Crippen LogP contribution in [0.5, 0.6) is 0 Å². The maximum atomic E-state index is 12.6. The highest BCUT2D eigenvalue weighted by atomic mass is 16.5. The number of pyridine rings is 1. The predicted molar refractivity (Wildman–Crippen MR) is 181 cm³/mol. The summed E-state index contributed by atoms with van der Waals surface area (Å²) in [6, 6.07) is 17.4. The summed E-state index contributed by atoms with van der Waals surface area (Å²) in [7, 11) is 0. The first-order valence-corrected chi connectivity index (χ1v) is 16.3. The van der Waals surface area contributed by atoms with Gasteiger partial charge in [-0.05, 0) is 49.4 Å². The Balaban J connectivity index is 1.34. The fourth-order valence-electron chi connectivity index (χ4n) is 7.20. The lowest BCUT2D eigenvalue weighted by Crippen LogP contribution is -2.55. The summed E-state index contributed by atoms with van der Waals surface area (Å²) in [6.45, 7) is 13.8. The smallest absolute Gasteiger partial charge is 0.246 e. The lowest BCUT2D eigenvalue weighted by molar-refractivity contribution is -0.128. The number of morpholine rings is 1. The van der Waals surface area contributed by atoms with Crippen molar-refractivity contribution in [2.24, 2.45) is 0 Å². The van der Waals surface area contributed by atoms with Crippen molar-refractivity contribution < 1.29 is 9.53 Å². The molecule has 0 radical (unpaired) electrons. The molecule has 2 fully saturated rings. The van der Waals surface area contributed by atoms with Gasteiger partial charge in [0.2, 0.25) is 5.91 Å². The van der Waals surface area contributed by atoms with Crippen molar-refractivity contribution >= 4 is 33.9 Å². The summed E-state index contributed by atoms with van der Waals surface area (Å²) >= 11 is 0. The Labute approximate surface area is 271 Å². The number of aryl methyl sites for hydroxylation is 1. The molecule has 0 spiro atoms. The van der Waals surface area contributed by atoms with Crippen LogP contribution in [0.2, 0.25) is 0 Å². The number of benzene rings is 2. The minimum absolute atomic E-state index is 0.166. The van der Waals surface area contributed by atoms with E-state index >= 15 is 0 Å². The number of nitrogens with zero attached hydrogens (tertiary/aromatic N) is 7. The van der Waals surface area contributed by atoms with E-state index < -0.39 is 0 Å². The molecule has 1 atom stereocenters. The molecular weight excluding hydrogens is 576 g/mol. The first kappa shape index (κ1) is 31.3. The average molecular weight is 619 g/mol. The zero-order valence-electron chi connectivity index (χ0n) is 26.7. The molecule has 4 heterocycles. The molecule has 2 aromatic carbocycles. The van der Waals surface area contributed by atoms with Crippen LogP contribution in [-0.4, -0.2) is 92.3 Å². The SMILES string of the molecule is C=CC(=O)N1CCN(c2c(C#N)c(NCCCN3CCOCC3)nc3c2CCN(c2cccc4cccc(C)c24)C3)C[C@@H]1CC#N. The monoisotopic (exact) mass is 618 g/mol. The van der Waals surface area contributed by atoms with Gasteiger partial charge in [0, 0.05) is 62.5 Å². The Morgan fingerprint density at radius 3 is 2.67 bits per heavy atom. The summed E-state index contributed by atoms with van der Waals surface area (Å²) in [6.07, 6.45) is 3.19. The van der Waals surface area contributed by atoms with Gasteiger partial charge in [-0.15, -0.1) is 0 Å². The van der Waals surface area contributed by atoms with E-state index in [9.17, 15) is 15.3 Å². The highest BCUT2D eigenvalue weighted by molar-refractivity contribution is 5.97. The number of carbonyl (C=O) groups excluding carboxylic acids is 1. The minimum atomic E-state index is -0.289. The van der Waals surface area contributed by atoms with Crippen molar-refractivity contribution in [1.82, 2.24) is 14.8 Å². The van der Waals surface area contributed by atoms with E-state index in [0.29, 0.717) is 44.1 Å². The second-order valence-corrected chi connectivity index (χ2v) is 12.3. The number of nitrogens with one attached hydrogen (secondary N) is 1. The fourth-order valence-corrected chi connectivity index (χ4v) is 7.20. The Morgan fingerprint density at radius 1 is 1.11 bits per heavy atom. The number of fused-ring (bicyclic) bond motifs is 2. The fraction of sp³-hybridized carbons (Fsp3) is 0.444. The van der Waals surface area contributed by atoms with Gasteiger partial charge in [-0.3, -0.25) is 9.69 Å². The lowest BCUT2D eigenvalue weighted by atomic mass is 9.95. The number of aromatic nitrogens is 1. The summed E-state index contributed by atoms with van der Waals surface area (Å²) in [4.78, 5) is 26.6. The van der Waals surface area contributed by atoms with Crippen LogP contribution in [0.15, 0.2) is 49.1 Å². The van der Waals surface area contributed by atoms with E-state index in [2.05, 4.69) is 82.1 Å². The Bertz CT molecular complexity index is 1680. The molecule has 2 saturated heterocycles. The maximum absolute atomic E-state index is 12.6. The number of carbonyl (C=O) groups is 1. The minimum Gasteiger partial charge on any atom is -0.379 e. The molecule has 3 aliphatic heterocycles. The third kappa shape index (κ3) is 6.37. The van der Waals surface area contributed by atoms with Gasteiger partial charge in [0.15, 0.2) is 0 Å². The number of rotatable bonds is 9. The molecule has 1 aromatic heterocycles. The topological polar surface area (TPSA) is 112 Å². The number of hydrogen-bond donors (Lipinski definition) is 1. The lowest BCUT2D eigenvalue weighted by Gasteiger charge is -2.43. The Hall–Kier alpha value is -4.64. The van der Waals surface area contributed by atoms with Gasteiger partial charge < -0.3 is 24.8 Å². The average Bonchev–Trinajstić information content (AvgIpc) is 3.09.